The van der Waals surface area contributed by atoms with Gasteiger partial charge in [-0.3, -0.25) is 0 Å². The normalized spacial score (nSPS) is 42.2. The summed E-state index contributed by atoms with van der Waals surface area (Å²) in [5.74, 6) is 0. The van der Waals surface area contributed by atoms with Gasteiger partial charge in [0.2, 0.25) is 0 Å². The minimum Gasteiger partial charge on any atom is -0.377 e. The maximum Gasteiger partial charge on any atom is 0.0985 e. The largest absolute Gasteiger partial charge is 0.377 e. The summed E-state index contributed by atoms with van der Waals surface area (Å²) in [6, 6.07) is 0. The first-order chi connectivity index (χ1) is 5.87. The van der Waals surface area contributed by atoms with Crippen LogP contribution in [0.25, 0.3) is 0 Å². The Kier molecular flexibility index (Phi) is 2.35. The van der Waals surface area contributed by atoms with E-state index in [0.29, 0.717) is 0 Å². The molecule has 70 valence electrons. The Morgan fingerprint density at radius 3 is 3.08 bits per heavy atom. The zero-order chi connectivity index (χ0) is 8.44. The van der Waals surface area contributed by atoms with Crippen molar-refractivity contribution in [1.82, 2.24) is 5.32 Å². The van der Waals surface area contributed by atoms with Gasteiger partial charge in [-0.1, -0.05) is 0 Å². The van der Waals surface area contributed by atoms with Crippen LogP contribution in [-0.2, 0) is 9.47 Å². The summed E-state index contributed by atoms with van der Waals surface area (Å²) in [5, 5.41) is 3.33. The first-order valence-electron chi connectivity index (χ1n) is 4.75. The Morgan fingerprint density at radius 2 is 2.42 bits per heavy atom. The van der Waals surface area contributed by atoms with E-state index in [4.69, 9.17) is 9.47 Å². The van der Waals surface area contributed by atoms with E-state index in [0.717, 1.165) is 26.1 Å². The van der Waals surface area contributed by atoms with Crippen LogP contribution in [0.5, 0.6) is 0 Å². The second kappa shape index (κ2) is 3.32. The van der Waals surface area contributed by atoms with Crippen LogP contribution in [-0.4, -0.2) is 38.5 Å². The molecule has 0 aromatic rings. The summed E-state index contributed by atoms with van der Waals surface area (Å²) in [6.45, 7) is 2.93. The molecule has 0 saturated carbocycles. The van der Waals surface area contributed by atoms with Crippen molar-refractivity contribution in [3.63, 3.8) is 0 Å². The molecule has 3 nitrogen and oxygen atoms in total. The summed E-state index contributed by atoms with van der Waals surface area (Å²) in [4.78, 5) is 0. The van der Waals surface area contributed by atoms with Crippen LogP contribution in [0.4, 0.5) is 0 Å². The van der Waals surface area contributed by atoms with Crippen LogP contribution in [0.1, 0.15) is 19.3 Å². The second-order valence-electron chi connectivity index (χ2n) is 3.70. The fourth-order valence-electron chi connectivity index (χ4n) is 2.35. The van der Waals surface area contributed by atoms with Crippen molar-refractivity contribution in [2.45, 2.75) is 31.0 Å². The Hall–Kier alpha value is -0.120. The Morgan fingerprint density at radius 1 is 1.50 bits per heavy atom. The van der Waals surface area contributed by atoms with Crippen molar-refractivity contribution < 1.29 is 9.47 Å². The van der Waals surface area contributed by atoms with Gasteiger partial charge in [0, 0.05) is 20.3 Å². The van der Waals surface area contributed by atoms with Gasteiger partial charge in [0.15, 0.2) is 0 Å². The smallest absolute Gasteiger partial charge is 0.0985 e. The number of ether oxygens (including phenoxy) is 2. The topological polar surface area (TPSA) is 30.5 Å². The molecule has 1 N–H and O–H groups in total. The van der Waals surface area contributed by atoms with Crippen molar-refractivity contribution in [2.24, 2.45) is 0 Å². The number of nitrogens with one attached hydrogen (secondary N) is 1. The Labute approximate surface area is 73.4 Å². The third-order valence-electron chi connectivity index (χ3n) is 3.06. The zero-order valence-electron chi connectivity index (χ0n) is 7.64. The van der Waals surface area contributed by atoms with Crippen molar-refractivity contribution in [1.29, 1.82) is 0 Å². The SMILES string of the molecule is CO[C@H]1CNCC[C@@]12CCCO2. The predicted molar refractivity (Wildman–Crippen MR) is 46.2 cm³/mol. The van der Waals surface area contributed by atoms with E-state index in [1.807, 2.05) is 0 Å². The van der Waals surface area contributed by atoms with Crippen LogP contribution in [0.15, 0.2) is 0 Å². The summed E-state index contributed by atoms with van der Waals surface area (Å²) in [6.07, 6.45) is 3.73. The van der Waals surface area contributed by atoms with Gasteiger partial charge in [-0.15, -0.1) is 0 Å². The lowest BCUT2D eigenvalue weighted by Gasteiger charge is -2.39. The van der Waals surface area contributed by atoms with Gasteiger partial charge in [-0.25, -0.2) is 0 Å². The van der Waals surface area contributed by atoms with E-state index in [1.54, 1.807) is 7.11 Å². The molecule has 3 heteroatoms. The van der Waals surface area contributed by atoms with Crippen LogP contribution in [0.2, 0.25) is 0 Å². The molecule has 0 bridgehead atoms. The lowest BCUT2D eigenvalue weighted by molar-refractivity contribution is -0.120. The molecular weight excluding hydrogens is 154 g/mol. The molecule has 2 saturated heterocycles. The Balaban J connectivity index is 2.07. The summed E-state index contributed by atoms with van der Waals surface area (Å²) >= 11 is 0. The second-order valence-corrected chi connectivity index (χ2v) is 3.70. The van der Waals surface area contributed by atoms with E-state index in [-0.39, 0.29) is 11.7 Å². The summed E-state index contributed by atoms with van der Waals surface area (Å²) in [7, 11) is 1.78. The van der Waals surface area contributed by atoms with E-state index < -0.39 is 0 Å². The molecule has 0 aliphatic carbocycles. The molecule has 2 rings (SSSR count). The van der Waals surface area contributed by atoms with Gasteiger partial charge < -0.3 is 14.8 Å². The molecule has 0 radical (unpaired) electrons. The first-order valence-corrected chi connectivity index (χ1v) is 4.75. The van der Waals surface area contributed by atoms with E-state index in [2.05, 4.69) is 5.32 Å². The molecule has 2 fully saturated rings. The maximum atomic E-state index is 5.82. The van der Waals surface area contributed by atoms with Gasteiger partial charge in [-0.05, 0) is 25.8 Å². The number of hydrogen-bond acceptors (Lipinski definition) is 3. The maximum absolute atomic E-state index is 5.82. The molecule has 12 heavy (non-hydrogen) atoms. The fraction of sp³-hybridized carbons (Fsp3) is 1.00. The number of piperidine rings is 1. The van der Waals surface area contributed by atoms with Crippen molar-refractivity contribution in [3.05, 3.63) is 0 Å². The molecule has 2 aliphatic heterocycles. The fourth-order valence-corrected chi connectivity index (χ4v) is 2.35. The standard InChI is InChI=1S/C9H17NO2/c1-11-8-7-10-5-4-9(8)3-2-6-12-9/h8,10H,2-7H2,1H3/t8-,9-/m0/s1. The minimum absolute atomic E-state index is 0.0556. The van der Waals surface area contributed by atoms with Crippen LogP contribution in [0, 0.1) is 0 Å². The highest BCUT2D eigenvalue weighted by Crippen LogP contribution is 2.35. The molecule has 2 atom stereocenters. The lowest BCUT2D eigenvalue weighted by Crippen LogP contribution is -2.54. The quantitative estimate of drug-likeness (QED) is 0.624. The van der Waals surface area contributed by atoms with E-state index in [1.165, 1.54) is 12.8 Å². The van der Waals surface area contributed by atoms with Gasteiger partial charge in [0.25, 0.3) is 0 Å². The minimum atomic E-state index is 0.0556. The van der Waals surface area contributed by atoms with Gasteiger partial charge in [-0.2, -0.15) is 0 Å². The number of hydrogen-bond donors (Lipinski definition) is 1. The molecule has 0 aromatic heterocycles. The van der Waals surface area contributed by atoms with Crippen LogP contribution < -0.4 is 5.32 Å². The molecule has 0 aromatic carbocycles. The third-order valence-corrected chi connectivity index (χ3v) is 3.06. The molecular formula is C9H17NO2. The predicted octanol–water partition coefficient (Wildman–Crippen LogP) is 0.544. The van der Waals surface area contributed by atoms with Crippen LogP contribution in [0.3, 0.4) is 0 Å². The molecule has 2 aliphatic rings. The van der Waals surface area contributed by atoms with Crippen molar-refractivity contribution in [2.75, 3.05) is 26.8 Å². The van der Waals surface area contributed by atoms with E-state index >= 15 is 0 Å². The highest BCUT2D eigenvalue weighted by Gasteiger charge is 2.44. The molecule has 0 unspecified atom stereocenters. The van der Waals surface area contributed by atoms with Crippen molar-refractivity contribution in [3.8, 4) is 0 Å². The molecule has 0 amide bonds. The molecule has 1 spiro atoms. The number of methoxy groups -OCH3 is 1. The summed E-state index contributed by atoms with van der Waals surface area (Å²) in [5.41, 5.74) is 0.0556. The van der Waals surface area contributed by atoms with Gasteiger partial charge >= 0.3 is 0 Å². The van der Waals surface area contributed by atoms with Gasteiger partial charge in [0.1, 0.15) is 0 Å². The van der Waals surface area contributed by atoms with Gasteiger partial charge in [0.05, 0.1) is 11.7 Å². The number of rotatable bonds is 1. The summed E-state index contributed by atoms with van der Waals surface area (Å²) < 4.78 is 11.3. The average molecular weight is 171 g/mol. The third kappa shape index (κ3) is 1.26. The van der Waals surface area contributed by atoms with Crippen molar-refractivity contribution >= 4 is 0 Å². The Bertz CT molecular complexity index is 155. The first kappa shape index (κ1) is 8.48. The average Bonchev–Trinajstić information content (AvgIpc) is 2.55. The van der Waals surface area contributed by atoms with Crippen LogP contribution >= 0.6 is 0 Å². The molecule has 2 heterocycles. The zero-order valence-corrected chi connectivity index (χ0v) is 7.64. The lowest BCUT2D eigenvalue weighted by atomic mass is 9.87. The highest BCUT2D eigenvalue weighted by molar-refractivity contribution is 4.97. The highest BCUT2D eigenvalue weighted by atomic mass is 16.5. The van der Waals surface area contributed by atoms with E-state index in [9.17, 15) is 0 Å². The monoisotopic (exact) mass is 171 g/mol.